The number of alkyl halides is 9. The molecule has 1 N–H and O–H groups in total. The van der Waals surface area contributed by atoms with Crippen molar-refractivity contribution >= 4 is 0 Å². The zero-order valence-corrected chi connectivity index (χ0v) is 10.7. The van der Waals surface area contributed by atoms with Gasteiger partial charge in [-0.3, -0.25) is 0 Å². The van der Waals surface area contributed by atoms with Crippen molar-refractivity contribution in [1.29, 1.82) is 0 Å². The van der Waals surface area contributed by atoms with E-state index < -0.39 is 48.2 Å². The lowest BCUT2D eigenvalue weighted by Crippen LogP contribution is -2.66. The van der Waals surface area contributed by atoms with Crippen LogP contribution in [0.4, 0.5) is 39.5 Å². The number of hydrogen-bond donors (Lipinski definition) is 1. The first-order valence-corrected chi connectivity index (χ1v) is 5.50. The minimum absolute atomic E-state index is 0.0485. The van der Waals surface area contributed by atoms with Crippen LogP contribution in [0.5, 0.6) is 0 Å². The maximum absolute atomic E-state index is 12.9. The van der Waals surface area contributed by atoms with Crippen LogP contribution in [0.15, 0.2) is 0 Å². The van der Waals surface area contributed by atoms with E-state index >= 15 is 0 Å². The van der Waals surface area contributed by atoms with Crippen molar-refractivity contribution in [2.75, 3.05) is 0 Å². The van der Waals surface area contributed by atoms with E-state index in [-0.39, 0.29) is 13.8 Å². The Bertz CT molecular complexity index is 338. The highest BCUT2D eigenvalue weighted by Crippen LogP contribution is 2.60. The van der Waals surface area contributed by atoms with E-state index in [1.54, 1.807) is 0 Å². The Morgan fingerprint density at radius 3 is 1.48 bits per heavy atom. The number of ether oxygens (including phenoxy) is 1. The molecule has 0 spiro atoms. The van der Waals surface area contributed by atoms with Gasteiger partial charge in [-0.1, -0.05) is 6.92 Å². The Labute approximate surface area is 112 Å². The summed E-state index contributed by atoms with van der Waals surface area (Å²) in [6.07, 6.45) is -20.6. The average Bonchev–Trinajstić information content (AvgIpc) is 2.09. The zero-order chi connectivity index (χ0) is 17.1. The summed E-state index contributed by atoms with van der Waals surface area (Å²) < 4.78 is 119. The first kappa shape index (κ1) is 18.3. The molecule has 2 nitrogen and oxygen atoms in total. The summed E-state index contributed by atoms with van der Waals surface area (Å²) in [5.74, 6) is -4.54. The van der Waals surface area contributed by atoms with Gasteiger partial charge in [0.2, 0.25) is 0 Å². The Balaban J connectivity index is 3.44. The molecule has 1 rings (SSSR count). The summed E-state index contributed by atoms with van der Waals surface area (Å²) in [7, 11) is 0. The van der Waals surface area contributed by atoms with Crippen LogP contribution in [0.3, 0.4) is 0 Å². The lowest BCUT2D eigenvalue weighted by Gasteiger charge is -2.52. The molecule has 0 amide bonds. The molecule has 1 saturated heterocycles. The summed E-state index contributed by atoms with van der Waals surface area (Å²) in [5.41, 5.74) is -7.21. The highest BCUT2D eigenvalue weighted by Gasteiger charge is 2.74. The van der Waals surface area contributed by atoms with E-state index in [4.69, 9.17) is 0 Å². The zero-order valence-electron chi connectivity index (χ0n) is 10.7. The molecule has 0 aromatic rings. The van der Waals surface area contributed by atoms with Crippen molar-refractivity contribution in [2.45, 2.75) is 56.6 Å². The highest BCUT2D eigenvalue weighted by molar-refractivity contribution is 5.04. The lowest BCUT2D eigenvalue weighted by molar-refractivity contribution is -0.463. The van der Waals surface area contributed by atoms with Gasteiger partial charge < -0.3 is 9.84 Å². The van der Waals surface area contributed by atoms with Crippen LogP contribution in [-0.4, -0.2) is 35.0 Å². The number of hydrogen-bond acceptors (Lipinski definition) is 2. The third-order valence-corrected chi connectivity index (χ3v) is 3.48. The van der Waals surface area contributed by atoms with E-state index in [1.165, 1.54) is 0 Å². The van der Waals surface area contributed by atoms with Gasteiger partial charge in [-0.25, -0.2) is 0 Å². The van der Waals surface area contributed by atoms with Gasteiger partial charge in [-0.2, -0.15) is 39.5 Å². The van der Waals surface area contributed by atoms with Gasteiger partial charge in [-0.15, -0.1) is 0 Å². The Morgan fingerprint density at radius 1 is 0.762 bits per heavy atom. The second-order valence-corrected chi connectivity index (χ2v) is 5.52. The Kier molecular flexibility index (Phi) is 3.84. The lowest BCUT2D eigenvalue weighted by atomic mass is 9.70. The number of rotatable bonds is 0. The Morgan fingerprint density at radius 2 is 1.19 bits per heavy atom. The van der Waals surface area contributed by atoms with Crippen LogP contribution in [0.1, 0.15) is 26.7 Å². The van der Waals surface area contributed by atoms with Crippen LogP contribution < -0.4 is 0 Å². The fourth-order valence-corrected chi connectivity index (χ4v) is 2.30. The fourth-order valence-electron chi connectivity index (χ4n) is 2.30. The van der Waals surface area contributed by atoms with E-state index in [9.17, 15) is 44.6 Å². The molecule has 126 valence electrons. The van der Waals surface area contributed by atoms with Gasteiger partial charge in [-0.05, 0) is 13.3 Å². The van der Waals surface area contributed by atoms with Crippen molar-refractivity contribution in [3.63, 3.8) is 0 Å². The monoisotopic (exact) mass is 334 g/mol. The molecule has 1 heterocycles. The average molecular weight is 334 g/mol. The standard InChI is InChI=1S/C10H11F9O2/c1-5(8(11,12)13)3-6(2,9(14,15)16)21-7(20,4-5)10(17,18)19/h20H,3-4H2,1-2H3/t5-,6?,7?/m1/s1. The van der Waals surface area contributed by atoms with Gasteiger partial charge in [0.15, 0.2) is 5.60 Å². The minimum Gasteiger partial charge on any atom is -0.358 e. The Hall–Kier alpha value is -0.710. The molecule has 3 atom stereocenters. The summed E-state index contributed by atoms with van der Waals surface area (Å²) in [6.45, 7) is 0.239. The fraction of sp³-hybridized carbons (Fsp3) is 1.00. The SMILES string of the molecule is CC1(C(F)(F)F)C[C@@](C)(C(F)(F)F)CC(O)(C(F)(F)F)O1. The van der Waals surface area contributed by atoms with Gasteiger partial charge in [0.05, 0.1) is 5.41 Å². The van der Waals surface area contributed by atoms with Crippen molar-refractivity contribution in [3.05, 3.63) is 0 Å². The van der Waals surface area contributed by atoms with Crippen LogP contribution in [0.2, 0.25) is 0 Å². The van der Waals surface area contributed by atoms with E-state index in [0.29, 0.717) is 0 Å². The van der Waals surface area contributed by atoms with E-state index in [2.05, 4.69) is 4.74 Å². The first-order chi connectivity index (χ1) is 8.87. The van der Waals surface area contributed by atoms with Crippen molar-refractivity contribution in [3.8, 4) is 0 Å². The number of halogens is 9. The van der Waals surface area contributed by atoms with E-state index in [0.717, 1.165) is 0 Å². The maximum Gasteiger partial charge on any atom is 0.443 e. The van der Waals surface area contributed by atoms with Gasteiger partial charge in [0, 0.05) is 6.42 Å². The molecule has 21 heavy (non-hydrogen) atoms. The second kappa shape index (κ2) is 4.40. The minimum atomic E-state index is -5.81. The number of aliphatic hydroxyl groups is 1. The largest absolute Gasteiger partial charge is 0.443 e. The molecular formula is C10H11F9O2. The molecule has 0 saturated carbocycles. The first-order valence-electron chi connectivity index (χ1n) is 5.50. The molecule has 0 aromatic carbocycles. The van der Waals surface area contributed by atoms with Gasteiger partial charge in [0.25, 0.3) is 5.79 Å². The molecule has 1 fully saturated rings. The summed E-state index contributed by atoms with van der Waals surface area (Å²) in [6, 6.07) is 0. The van der Waals surface area contributed by atoms with Gasteiger partial charge >= 0.3 is 18.5 Å². The molecule has 0 aromatic heterocycles. The predicted molar refractivity (Wildman–Crippen MR) is 49.9 cm³/mol. The van der Waals surface area contributed by atoms with Crippen molar-refractivity contribution in [1.82, 2.24) is 0 Å². The third kappa shape index (κ3) is 2.94. The molecule has 1 aliphatic rings. The predicted octanol–water partition coefficient (Wildman–Crippen LogP) is 3.94. The van der Waals surface area contributed by atoms with E-state index in [1.807, 2.05) is 0 Å². The molecular weight excluding hydrogens is 323 g/mol. The van der Waals surface area contributed by atoms with Crippen LogP contribution in [0.25, 0.3) is 0 Å². The molecule has 0 bridgehead atoms. The molecule has 0 aliphatic carbocycles. The summed E-state index contributed by atoms with van der Waals surface area (Å²) >= 11 is 0. The van der Waals surface area contributed by atoms with Crippen molar-refractivity contribution in [2.24, 2.45) is 5.41 Å². The molecule has 0 radical (unpaired) electrons. The highest BCUT2D eigenvalue weighted by atomic mass is 19.4. The quantitative estimate of drug-likeness (QED) is 0.680. The molecule has 11 heteroatoms. The van der Waals surface area contributed by atoms with Gasteiger partial charge in [0.1, 0.15) is 0 Å². The summed E-state index contributed by atoms with van der Waals surface area (Å²) in [4.78, 5) is 0. The normalized spacial score (nSPS) is 39.4. The third-order valence-electron chi connectivity index (χ3n) is 3.48. The maximum atomic E-state index is 12.9. The summed E-state index contributed by atoms with van der Waals surface area (Å²) in [5, 5.41) is 9.26. The van der Waals surface area contributed by atoms with Crippen molar-refractivity contribution < 1.29 is 49.4 Å². The second-order valence-electron chi connectivity index (χ2n) is 5.52. The molecule has 2 unspecified atom stereocenters. The van der Waals surface area contributed by atoms with Crippen LogP contribution >= 0.6 is 0 Å². The van der Waals surface area contributed by atoms with Crippen LogP contribution in [-0.2, 0) is 4.74 Å². The van der Waals surface area contributed by atoms with Crippen LogP contribution in [0, 0.1) is 5.41 Å². The topological polar surface area (TPSA) is 29.5 Å². The smallest absolute Gasteiger partial charge is 0.358 e. The molecule has 1 aliphatic heterocycles.